The number of benzene rings is 2. The van der Waals surface area contributed by atoms with Gasteiger partial charge in [0.15, 0.2) is 0 Å². The predicted molar refractivity (Wildman–Crippen MR) is 121 cm³/mol. The van der Waals surface area contributed by atoms with Gasteiger partial charge in [0.05, 0.1) is 22.8 Å². The second-order valence-electron chi connectivity index (χ2n) is 7.45. The van der Waals surface area contributed by atoms with Gasteiger partial charge in [0.1, 0.15) is 0 Å². The number of fused-ring (bicyclic) bond motifs is 1. The number of rotatable bonds is 6. The van der Waals surface area contributed by atoms with Gasteiger partial charge in [-0.25, -0.2) is 4.98 Å². The maximum absolute atomic E-state index is 13.7. The number of carbonyl (C=O) groups is 1. The SMILES string of the molecule is CCCC(c1ccccc1)N(C)C(=O)c1cc(-c2ccccc2)nc2ccncc12. The van der Waals surface area contributed by atoms with E-state index in [0.29, 0.717) is 5.56 Å². The summed E-state index contributed by atoms with van der Waals surface area (Å²) in [6.07, 6.45) is 5.34. The van der Waals surface area contributed by atoms with Crippen molar-refractivity contribution >= 4 is 16.8 Å². The van der Waals surface area contributed by atoms with Crippen LogP contribution in [0, 0.1) is 0 Å². The molecule has 0 saturated heterocycles. The molecule has 0 fully saturated rings. The van der Waals surface area contributed by atoms with Crippen molar-refractivity contribution in [1.82, 2.24) is 14.9 Å². The Labute approximate surface area is 177 Å². The van der Waals surface area contributed by atoms with E-state index in [1.54, 1.807) is 12.4 Å². The van der Waals surface area contributed by atoms with Gasteiger partial charge < -0.3 is 4.90 Å². The molecule has 4 aromatic rings. The van der Waals surface area contributed by atoms with Crippen LogP contribution < -0.4 is 0 Å². The van der Waals surface area contributed by atoms with Crippen LogP contribution in [0.1, 0.15) is 41.7 Å². The van der Waals surface area contributed by atoms with Crippen LogP contribution in [0.3, 0.4) is 0 Å². The Morgan fingerprint density at radius 3 is 2.40 bits per heavy atom. The van der Waals surface area contributed by atoms with Crippen LogP contribution in [0.4, 0.5) is 0 Å². The molecule has 0 aliphatic rings. The highest BCUT2D eigenvalue weighted by molar-refractivity contribution is 6.07. The normalized spacial score (nSPS) is 11.9. The molecule has 2 aromatic carbocycles. The fourth-order valence-electron chi connectivity index (χ4n) is 3.87. The van der Waals surface area contributed by atoms with Crippen molar-refractivity contribution in [1.29, 1.82) is 0 Å². The van der Waals surface area contributed by atoms with Crippen molar-refractivity contribution in [3.8, 4) is 11.3 Å². The quantitative estimate of drug-likeness (QED) is 0.408. The van der Waals surface area contributed by atoms with E-state index < -0.39 is 0 Å². The second-order valence-corrected chi connectivity index (χ2v) is 7.45. The van der Waals surface area contributed by atoms with Gasteiger partial charge in [-0.15, -0.1) is 0 Å². The third-order valence-corrected chi connectivity index (χ3v) is 5.44. The third-order valence-electron chi connectivity index (χ3n) is 5.44. The molecule has 4 nitrogen and oxygen atoms in total. The molecule has 1 unspecified atom stereocenters. The molecule has 0 saturated carbocycles. The van der Waals surface area contributed by atoms with Crippen LogP contribution in [0.2, 0.25) is 0 Å². The zero-order valence-electron chi connectivity index (χ0n) is 17.3. The minimum absolute atomic E-state index is 0.0174. The van der Waals surface area contributed by atoms with Crippen molar-refractivity contribution < 1.29 is 4.79 Å². The van der Waals surface area contributed by atoms with Gasteiger partial charge in [0.2, 0.25) is 0 Å². The van der Waals surface area contributed by atoms with Crippen molar-refractivity contribution in [2.45, 2.75) is 25.8 Å². The number of pyridine rings is 2. The Hall–Kier alpha value is -3.53. The molecular formula is C26H25N3O. The van der Waals surface area contributed by atoms with E-state index in [9.17, 15) is 4.79 Å². The molecule has 150 valence electrons. The lowest BCUT2D eigenvalue weighted by atomic mass is 9.99. The summed E-state index contributed by atoms with van der Waals surface area (Å²) in [5.41, 5.74) is 4.33. The van der Waals surface area contributed by atoms with E-state index >= 15 is 0 Å². The van der Waals surface area contributed by atoms with Crippen molar-refractivity contribution in [3.63, 3.8) is 0 Å². The molecule has 0 radical (unpaired) electrons. The number of aromatic nitrogens is 2. The zero-order valence-corrected chi connectivity index (χ0v) is 17.3. The minimum atomic E-state index is -0.0186. The van der Waals surface area contributed by atoms with Gasteiger partial charge in [-0.05, 0) is 24.1 Å². The molecule has 0 aliphatic heterocycles. The predicted octanol–water partition coefficient (Wildman–Crippen LogP) is 5.91. The molecule has 2 aromatic heterocycles. The smallest absolute Gasteiger partial charge is 0.254 e. The monoisotopic (exact) mass is 395 g/mol. The van der Waals surface area contributed by atoms with Gasteiger partial charge in [0, 0.05) is 30.4 Å². The van der Waals surface area contributed by atoms with Crippen molar-refractivity contribution in [2.24, 2.45) is 0 Å². The average Bonchev–Trinajstić information content (AvgIpc) is 2.82. The lowest BCUT2D eigenvalue weighted by molar-refractivity contribution is 0.0723. The first kappa shape index (κ1) is 19.8. The molecule has 30 heavy (non-hydrogen) atoms. The summed E-state index contributed by atoms with van der Waals surface area (Å²) in [5.74, 6) is -0.0186. The molecule has 2 heterocycles. The summed E-state index contributed by atoms with van der Waals surface area (Å²) in [5, 5.41) is 0.775. The fraction of sp³-hybridized carbons (Fsp3) is 0.192. The molecular weight excluding hydrogens is 370 g/mol. The largest absolute Gasteiger partial charge is 0.335 e. The molecule has 0 spiro atoms. The first-order valence-electron chi connectivity index (χ1n) is 10.3. The summed E-state index contributed by atoms with van der Waals surface area (Å²) < 4.78 is 0. The van der Waals surface area contributed by atoms with Crippen LogP contribution in [-0.2, 0) is 0 Å². The maximum Gasteiger partial charge on any atom is 0.254 e. The van der Waals surface area contributed by atoms with E-state index in [4.69, 9.17) is 4.98 Å². The Balaban J connectivity index is 1.80. The van der Waals surface area contributed by atoms with E-state index in [1.165, 1.54) is 0 Å². The van der Waals surface area contributed by atoms with Gasteiger partial charge in [-0.2, -0.15) is 0 Å². The number of hydrogen-bond acceptors (Lipinski definition) is 3. The first-order valence-corrected chi connectivity index (χ1v) is 10.3. The van der Waals surface area contributed by atoms with Gasteiger partial charge in [-0.1, -0.05) is 74.0 Å². The highest BCUT2D eigenvalue weighted by Crippen LogP contribution is 2.29. The molecule has 0 N–H and O–H groups in total. The number of carbonyl (C=O) groups excluding carboxylic acids is 1. The summed E-state index contributed by atoms with van der Waals surface area (Å²) in [4.78, 5) is 24.6. The van der Waals surface area contributed by atoms with Crippen LogP contribution in [0.15, 0.2) is 85.2 Å². The van der Waals surface area contributed by atoms with Crippen molar-refractivity contribution in [2.75, 3.05) is 7.05 Å². The summed E-state index contributed by atoms with van der Waals surface area (Å²) in [7, 11) is 1.89. The lowest BCUT2D eigenvalue weighted by Crippen LogP contribution is -2.31. The highest BCUT2D eigenvalue weighted by Gasteiger charge is 2.24. The van der Waals surface area contributed by atoms with Gasteiger partial charge in [-0.3, -0.25) is 9.78 Å². The minimum Gasteiger partial charge on any atom is -0.335 e. The Morgan fingerprint density at radius 2 is 1.70 bits per heavy atom. The first-order chi connectivity index (χ1) is 14.7. The van der Waals surface area contributed by atoms with Crippen molar-refractivity contribution in [3.05, 3.63) is 96.3 Å². The second kappa shape index (κ2) is 8.87. The molecule has 0 bridgehead atoms. The Bertz CT molecular complexity index is 1140. The van der Waals surface area contributed by atoms with Crippen LogP contribution in [0.5, 0.6) is 0 Å². The average molecular weight is 396 g/mol. The summed E-state index contributed by atoms with van der Waals surface area (Å²) in [6.45, 7) is 2.15. The number of amides is 1. The van der Waals surface area contributed by atoms with E-state index in [-0.39, 0.29) is 11.9 Å². The molecule has 1 amide bonds. The molecule has 0 aliphatic carbocycles. The van der Waals surface area contributed by atoms with Crippen LogP contribution in [0.25, 0.3) is 22.2 Å². The molecule has 4 rings (SSSR count). The van der Waals surface area contributed by atoms with Gasteiger partial charge in [0.25, 0.3) is 5.91 Å². The lowest BCUT2D eigenvalue weighted by Gasteiger charge is -2.29. The fourth-order valence-corrected chi connectivity index (χ4v) is 3.87. The zero-order chi connectivity index (χ0) is 20.9. The summed E-state index contributed by atoms with van der Waals surface area (Å²) >= 11 is 0. The van der Waals surface area contributed by atoms with Crippen LogP contribution in [-0.4, -0.2) is 27.8 Å². The molecule has 1 atom stereocenters. The van der Waals surface area contributed by atoms with E-state index in [2.05, 4.69) is 24.0 Å². The number of hydrogen-bond donors (Lipinski definition) is 0. The molecule has 4 heteroatoms. The number of nitrogens with zero attached hydrogens (tertiary/aromatic N) is 3. The Kier molecular flexibility index (Phi) is 5.84. The Morgan fingerprint density at radius 1 is 1.00 bits per heavy atom. The topological polar surface area (TPSA) is 46.1 Å². The van der Waals surface area contributed by atoms with E-state index in [0.717, 1.165) is 40.6 Å². The van der Waals surface area contributed by atoms with Gasteiger partial charge >= 0.3 is 0 Å². The third kappa shape index (κ3) is 3.94. The standard InChI is InChI=1S/C26H25N3O/c1-3-10-25(20-13-8-5-9-14-20)29(2)26(30)21-17-24(19-11-6-4-7-12-19)28-23-15-16-27-18-22(21)23/h4-9,11-18,25H,3,10H2,1-2H3. The highest BCUT2D eigenvalue weighted by atomic mass is 16.2. The van der Waals surface area contributed by atoms with Crippen LogP contribution >= 0.6 is 0 Å². The van der Waals surface area contributed by atoms with E-state index in [1.807, 2.05) is 72.6 Å². The summed E-state index contributed by atoms with van der Waals surface area (Å²) in [6, 6.07) is 24.0. The maximum atomic E-state index is 13.7.